The first-order valence-electron chi connectivity index (χ1n) is 4.38. The Bertz CT molecular complexity index is 252. The van der Waals surface area contributed by atoms with Crippen molar-refractivity contribution in [2.45, 2.75) is 38.9 Å². The maximum atomic E-state index is 3.93. The third-order valence-electron chi connectivity index (χ3n) is 2.03. The van der Waals surface area contributed by atoms with E-state index in [9.17, 15) is 0 Å². The standard InChI is InChI=1S/C7H13N5/c1-2-12-7(9-10-11-12)5-8-6-3-4-6/h6,8H,2-5H2,1H3. The van der Waals surface area contributed by atoms with Crippen LogP contribution in [-0.4, -0.2) is 26.2 Å². The van der Waals surface area contributed by atoms with E-state index in [2.05, 4.69) is 20.8 Å². The van der Waals surface area contributed by atoms with Crippen molar-refractivity contribution in [1.29, 1.82) is 0 Å². The summed E-state index contributed by atoms with van der Waals surface area (Å²) in [6, 6.07) is 0.715. The highest BCUT2D eigenvalue weighted by Crippen LogP contribution is 2.18. The molecule has 1 heterocycles. The average Bonchev–Trinajstić information content (AvgIpc) is 2.81. The largest absolute Gasteiger partial charge is 0.307 e. The number of nitrogens with zero attached hydrogens (tertiary/aromatic N) is 4. The maximum Gasteiger partial charge on any atom is 0.165 e. The number of nitrogens with one attached hydrogen (secondary N) is 1. The van der Waals surface area contributed by atoms with E-state index in [-0.39, 0.29) is 0 Å². The lowest BCUT2D eigenvalue weighted by Crippen LogP contribution is -2.19. The molecule has 1 aromatic heterocycles. The lowest BCUT2D eigenvalue weighted by molar-refractivity contribution is 0.564. The lowest BCUT2D eigenvalue weighted by atomic mass is 10.5. The van der Waals surface area contributed by atoms with Gasteiger partial charge in [0.15, 0.2) is 5.82 Å². The van der Waals surface area contributed by atoms with Crippen molar-refractivity contribution < 1.29 is 0 Å². The van der Waals surface area contributed by atoms with Crippen molar-refractivity contribution >= 4 is 0 Å². The van der Waals surface area contributed by atoms with Crippen LogP contribution in [0, 0.1) is 0 Å². The molecule has 0 unspecified atom stereocenters. The normalized spacial score (nSPS) is 16.8. The first-order valence-corrected chi connectivity index (χ1v) is 4.38. The summed E-state index contributed by atoms with van der Waals surface area (Å²) in [6.45, 7) is 3.68. The highest BCUT2D eigenvalue weighted by atomic mass is 15.5. The summed E-state index contributed by atoms with van der Waals surface area (Å²) in [5.74, 6) is 0.935. The molecular weight excluding hydrogens is 154 g/mol. The molecule has 0 aliphatic heterocycles. The van der Waals surface area contributed by atoms with Crippen LogP contribution >= 0.6 is 0 Å². The zero-order valence-electron chi connectivity index (χ0n) is 7.19. The van der Waals surface area contributed by atoms with Gasteiger partial charge < -0.3 is 5.32 Å². The molecule has 1 N–H and O–H groups in total. The number of hydrogen-bond acceptors (Lipinski definition) is 4. The number of hydrogen-bond donors (Lipinski definition) is 1. The van der Waals surface area contributed by atoms with Crippen LogP contribution in [0.3, 0.4) is 0 Å². The molecule has 1 aliphatic carbocycles. The Labute approximate surface area is 71.1 Å². The smallest absolute Gasteiger partial charge is 0.165 e. The topological polar surface area (TPSA) is 55.6 Å². The molecule has 1 saturated carbocycles. The third kappa shape index (κ3) is 1.61. The van der Waals surface area contributed by atoms with Gasteiger partial charge in [0, 0.05) is 12.6 Å². The molecule has 1 fully saturated rings. The average molecular weight is 167 g/mol. The number of rotatable bonds is 4. The van der Waals surface area contributed by atoms with Crippen LogP contribution in [0.15, 0.2) is 0 Å². The Kier molecular flexibility index (Phi) is 2.03. The second kappa shape index (κ2) is 3.18. The molecule has 0 aromatic carbocycles. The van der Waals surface area contributed by atoms with Gasteiger partial charge in [0.25, 0.3) is 0 Å². The van der Waals surface area contributed by atoms with Gasteiger partial charge in [-0.05, 0) is 30.2 Å². The SMILES string of the molecule is CCn1nnnc1CNC1CC1. The Balaban J connectivity index is 1.91. The van der Waals surface area contributed by atoms with Crippen molar-refractivity contribution in [3.63, 3.8) is 0 Å². The minimum atomic E-state index is 0.715. The lowest BCUT2D eigenvalue weighted by Gasteiger charge is -2.01. The van der Waals surface area contributed by atoms with Crippen molar-refractivity contribution in [3.05, 3.63) is 5.82 Å². The van der Waals surface area contributed by atoms with E-state index in [0.717, 1.165) is 18.9 Å². The summed E-state index contributed by atoms with van der Waals surface area (Å²) in [7, 11) is 0. The quantitative estimate of drug-likeness (QED) is 0.683. The van der Waals surface area contributed by atoms with Crippen LogP contribution < -0.4 is 5.32 Å². The highest BCUT2D eigenvalue weighted by Gasteiger charge is 2.20. The van der Waals surface area contributed by atoms with E-state index in [1.54, 1.807) is 0 Å². The summed E-state index contributed by atoms with van der Waals surface area (Å²) in [5, 5.41) is 14.8. The second-order valence-corrected chi connectivity index (χ2v) is 3.07. The molecule has 1 aliphatic rings. The van der Waals surface area contributed by atoms with Crippen molar-refractivity contribution in [2.24, 2.45) is 0 Å². The molecule has 0 atom stereocenters. The van der Waals surface area contributed by atoms with E-state index in [1.165, 1.54) is 12.8 Å². The molecule has 5 heteroatoms. The van der Waals surface area contributed by atoms with E-state index in [0.29, 0.717) is 6.04 Å². The summed E-state index contributed by atoms with van der Waals surface area (Å²) < 4.78 is 1.81. The van der Waals surface area contributed by atoms with Gasteiger partial charge in [-0.1, -0.05) is 0 Å². The van der Waals surface area contributed by atoms with Crippen molar-refractivity contribution in [3.8, 4) is 0 Å². The van der Waals surface area contributed by atoms with Crippen LogP contribution in [-0.2, 0) is 13.1 Å². The van der Waals surface area contributed by atoms with E-state index >= 15 is 0 Å². The first kappa shape index (κ1) is 7.67. The van der Waals surface area contributed by atoms with Crippen LogP contribution in [0.1, 0.15) is 25.6 Å². The van der Waals surface area contributed by atoms with Gasteiger partial charge in [-0.15, -0.1) is 5.10 Å². The molecule has 0 amide bonds. The van der Waals surface area contributed by atoms with Crippen molar-refractivity contribution in [1.82, 2.24) is 25.5 Å². The molecule has 1 aromatic rings. The Hall–Kier alpha value is -0.970. The van der Waals surface area contributed by atoms with E-state index in [1.807, 2.05) is 11.6 Å². The predicted molar refractivity (Wildman–Crippen MR) is 43.4 cm³/mol. The summed E-state index contributed by atoms with van der Waals surface area (Å²) in [4.78, 5) is 0. The van der Waals surface area contributed by atoms with Crippen LogP contribution in [0.5, 0.6) is 0 Å². The molecule has 0 saturated heterocycles. The maximum absolute atomic E-state index is 3.93. The number of tetrazole rings is 1. The highest BCUT2D eigenvalue weighted by molar-refractivity contribution is 4.86. The van der Waals surface area contributed by atoms with Crippen molar-refractivity contribution in [2.75, 3.05) is 0 Å². The van der Waals surface area contributed by atoms with Gasteiger partial charge in [0.2, 0.25) is 0 Å². The van der Waals surface area contributed by atoms with Crippen LogP contribution in [0.4, 0.5) is 0 Å². The molecule has 0 radical (unpaired) electrons. The van der Waals surface area contributed by atoms with Gasteiger partial charge in [-0.25, -0.2) is 4.68 Å². The minimum absolute atomic E-state index is 0.715. The molecular formula is C7H13N5. The molecule has 2 rings (SSSR count). The number of aromatic nitrogens is 4. The number of aryl methyl sites for hydroxylation is 1. The zero-order valence-corrected chi connectivity index (χ0v) is 7.19. The summed E-state index contributed by atoms with van der Waals surface area (Å²) in [5.41, 5.74) is 0. The first-order chi connectivity index (χ1) is 5.90. The summed E-state index contributed by atoms with van der Waals surface area (Å²) in [6.07, 6.45) is 2.60. The minimum Gasteiger partial charge on any atom is -0.307 e. The summed E-state index contributed by atoms with van der Waals surface area (Å²) >= 11 is 0. The van der Waals surface area contributed by atoms with Gasteiger partial charge in [0.1, 0.15) is 0 Å². The predicted octanol–water partition coefficient (Wildman–Crippen LogP) is -0.0550. The molecule has 5 nitrogen and oxygen atoms in total. The van der Waals surface area contributed by atoms with Gasteiger partial charge in [-0.2, -0.15) is 0 Å². The second-order valence-electron chi connectivity index (χ2n) is 3.07. The Morgan fingerprint density at radius 3 is 3.08 bits per heavy atom. The van der Waals surface area contributed by atoms with E-state index < -0.39 is 0 Å². The molecule has 0 bridgehead atoms. The molecule has 66 valence electrons. The third-order valence-corrected chi connectivity index (χ3v) is 2.03. The van der Waals surface area contributed by atoms with Crippen LogP contribution in [0.2, 0.25) is 0 Å². The van der Waals surface area contributed by atoms with Gasteiger partial charge >= 0.3 is 0 Å². The van der Waals surface area contributed by atoms with E-state index in [4.69, 9.17) is 0 Å². The fraction of sp³-hybridized carbons (Fsp3) is 0.857. The zero-order chi connectivity index (χ0) is 8.39. The monoisotopic (exact) mass is 167 g/mol. The Morgan fingerprint density at radius 1 is 1.58 bits per heavy atom. The molecule has 12 heavy (non-hydrogen) atoms. The molecule has 0 spiro atoms. The fourth-order valence-electron chi connectivity index (χ4n) is 1.12. The van der Waals surface area contributed by atoms with Gasteiger partial charge in [-0.3, -0.25) is 0 Å². The Morgan fingerprint density at radius 2 is 2.42 bits per heavy atom. The fourth-order valence-corrected chi connectivity index (χ4v) is 1.12. The van der Waals surface area contributed by atoms with Crippen LogP contribution in [0.25, 0.3) is 0 Å². The van der Waals surface area contributed by atoms with Gasteiger partial charge in [0.05, 0.1) is 6.54 Å².